The van der Waals surface area contributed by atoms with Crippen LogP contribution in [-0.4, -0.2) is 42.5 Å². The highest BCUT2D eigenvalue weighted by Gasteiger charge is 2.49. The van der Waals surface area contributed by atoms with Crippen molar-refractivity contribution in [1.29, 1.82) is 0 Å². The lowest BCUT2D eigenvalue weighted by molar-refractivity contribution is -0.135. The standard InChI is InChI=1S/C27H27N3O5/c1-17(19-9-8-18-6-3-4-7-20(18)14-19)28-24(31)16-30-25(32)27(2,29-26(30)33)21-10-11-22-23(15-21)35-13-5-12-34-22/h3-4,6-11,14-15,17H,5,12-13,16H2,1-2H3,(H,28,31)(H,29,33). The van der Waals surface area contributed by atoms with E-state index in [1.165, 1.54) is 0 Å². The molecule has 2 aliphatic heterocycles. The second-order valence-electron chi connectivity index (χ2n) is 9.05. The second kappa shape index (κ2) is 8.94. The van der Waals surface area contributed by atoms with E-state index in [9.17, 15) is 14.4 Å². The average molecular weight is 474 g/mol. The fraction of sp³-hybridized carbons (Fsp3) is 0.296. The van der Waals surface area contributed by atoms with E-state index >= 15 is 0 Å². The van der Waals surface area contributed by atoms with Crippen LogP contribution in [0.25, 0.3) is 10.8 Å². The minimum Gasteiger partial charge on any atom is -0.490 e. The molecular formula is C27H27N3O5. The zero-order valence-electron chi connectivity index (χ0n) is 19.7. The Bertz CT molecular complexity index is 1320. The number of nitrogens with one attached hydrogen (secondary N) is 2. The number of imide groups is 1. The normalized spacial score (nSPS) is 20.3. The zero-order valence-corrected chi connectivity index (χ0v) is 19.7. The molecule has 4 amide bonds. The van der Waals surface area contributed by atoms with Crippen LogP contribution >= 0.6 is 0 Å². The summed E-state index contributed by atoms with van der Waals surface area (Å²) in [5.41, 5.74) is 0.185. The van der Waals surface area contributed by atoms with Gasteiger partial charge in [0.1, 0.15) is 12.1 Å². The molecule has 0 aliphatic carbocycles. The van der Waals surface area contributed by atoms with Crippen molar-refractivity contribution >= 4 is 28.6 Å². The molecule has 35 heavy (non-hydrogen) atoms. The molecule has 2 N–H and O–H groups in total. The summed E-state index contributed by atoms with van der Waals surface area (Å²) in [7, 11) is 0. The van der Waals surface area contributed by atoms with Crippen LogP contribution < -0.4 is 20.1 Å². The predicted molar refractivity (Wildman–Crippen MR) is 130 cm³/mol. The van der Waals surface area contributed by atoms with E-state index in [1.807, 2.05) is 49.4 Å². The van der Waals surface area contributed by atoms with Gasteiger partial charge in [-0.2, -0.15) is 0 Å². The van der Waals surface area contributed by atoms with Gasteiger partial charge in [0.05, 0.1) is 19.3 Å². The third-order valence-electron chi connectivity index (χ3n) is 6.55. The van der Waals surface area contributed by atoms with Crippen molar-refractivity contribution in [1.82, 2.24) is 15.5 Å². The fourth-order valence-electron chi connectivity index (χ4n) is 4.50. The van der Waals surface area contributed by atoms with Crippen LogP contribution in [0.4, 0.5) is 4.79 Å². The number of hydrogen-bond acceptors (Lipinski definition) is 5. The summed E-state index contributed by atoms with van der Waals surface area (Å²) in [6, 6.07) is 18.3. The first-order valence-corrected chi connectivity index (χ1v) is 11.7. The van der Waals surface area contributed by atoms with Crippen LogP contribution in [0.5, 0.6) is 11.5 Å². The van der Waals surface area contributed by atoms with E-state index in [0.29, 0.717) is 30.3 Å². The molecule has 3 aromatic carbocycles. The summed E-state index contributed by atoms with van der Waals surface area (Å²) in [4.78, 5) is 39.8. The topological polar surface area (TPSA) is 97.0 Å². The van der Waals surface area contributed by atoms with Crippen molar-refractivity contribution in [2.24, 2.45) is 0 Å². The third kappa shape index (κ3) is 4.27. The molecule has 2 atom stereocenters. The SMILES string of the molecule is CC(NC(=O)CN1C(=O)NC(C)(c2ccc3c(c2)OCCCO3)C1=O)c1ccc2ccccc2c1. The average Bonchev–Trinajstić information content (AvgIpc) is 3.01. The third-order valence-corrected chi connectivity index (χ3v) is 6.55. The molecule has 3 aromatic rings. The van der Waals surface area contributed by atoms with Gasteiger partial charge in [0.2, 0.25) is 5.91 Å². The van der Waals surface area contributed by atoms with Gasteiger partial charge in [-0.3, -0.25) is 14.5 Å². The van der Waals surface area contributed by atoms with E-state index < -0.39 is 23.4 Å². The quantitative estimate of drug-likeness (QED) is 0.552. The molecule has 0 saturated carbocycles. The van der Waals surface area contributed by atoms with Crippen molar-refractivity contribution < 1.29 is 23.9 Å². The molecule has 180 valence electrons. The van der Waals surface area contributed by atoms with Gasteiger partial charge in [-0.15, -0.1) is 0 Å². The number of carbonyl (C=O) groups is 3. The van der Waals surface area contributed by atoms with E-state index in [0.717, 1.165) is 27.7 Å². The highest BCUT2D eigenvalue weighted by atomic mass is 16.5. The van der Waals surface area contributed by atoms with E-state index in [1.54, 1.807) is 25.1 Å². The first-order valence-electron chi connectivity index (χ1n) is 11.7. The van der Waals surface area contributed by atoms with Crippen LogP contribution in [-0.2, 0) is 15.1 Å². The molecule has 0 radical (unpaired) electrons. The molecular weight excluding hydrogens is 446 g/mol. The highest BCUT2D eigenvalue weighted by Crippen LogP contribution is 2.36. The minimum atomic E-state index is -1.31. The molecule has 0 aromatic heterocycles. The van der Waals surface area contributed by atoms with Gasteiger partial charge in [-0.1, -0.05) is 42.5 Å². The summed E-state index contributed by atoms with van der Waals surface area (Å²) in [5.74, 6) is 0.219. The van der Waals surface area contributed by atoms with Gasteiger partial charge in [-0.05, 0) is 53.9 Å². The van der Waals surface area contributed by atoms with Crippen molar-refractivity contribution in [2.45, 2.75) is 31.8 Å². The molecule has 8 heteroatoms. The van der Waals surface area contributed by atoms with Crippen LogP contribution in [0.3, 0.4) is 0 Å². The molecule has 0 spiro atoms. The highest BCUT2D eigenvalue weighted by molar-refractivity contribution is 6.09. The fourth-order valence-corrected chi connectivity index (χ4v) is 4.50. The molecule has 2 unspecified atom stereocenters. The van der Waals surface area contributed by atoms with Crippen molar-refractivity contribution in [3.05, 3.63) is 71.8 Å². The van der Waals surface area contributed by atoms with E-state index in [2.05, 4.69) is 10.6 Å². The number of fused-ring (bicyclic) bond motifs is 2. The number of nitrogens with zero attached hydrogens (tertiary/aromatic N) is 1. The Morgan fingerprint density at radius 2 is 1.77 bits per heavy atom. The van der Waals surface area contributed by atoms with E-state index in [-0.39, 0.29) is 12.6 Å². The summed E-state index contributed by atoms with van der Waals surface area (Å²) < 4.78 is 11.4. The number of carbonyl (C=O) groups excluding carboxylic acids is 3. The van der Waals surface area contributed by atoms with Crippen molar-refractivity contribution in [3.63, 3.8) is 0 Å². The maximum absolute atomic E-state index is 13.3. The first kappa shape index (κ1) is 22.7. The number of ether oxygens (including phenoxy) is 2. The molecule has 1 fully saturated rings. The lowest BCUT2D eigenvalue weighted by atomic mass is 9.91. The van der Waals surface area contributed by atoms with Crippen LogP contribution in [0, 0.1) is 0 Å². The van der Waals surface area contributed by atoms with Crippen LogP contribution in [0.15, 0.2) is 60.7 Å². The van der Waals surface area contributed by atoms with Gasteiger partial charge >= 0.3 is 6.03 Å². The van der Waals surface area contributed by atoms with Gasteiger partial charge in [-0.25, -0.2) is 4.79 Å². The summed E-state index contributed by atoms with van der Waals surface area (Å²) in [6.45, 7) is 4.19. The Morgan fingerprint density at radius 3 is 2.57 bits per heavy atom. The first-order chi connectivity index (χ1) is 16.8. The lowest BCUT2D eigenvalue weighted by Gasteiger charge is -2.23. The van der Waals surface area contributed by atoms with Gasteiger partial charge in [0.15, 0.2) is 11.5 Å². The van der Waals surface area contributed by atoms with E-state index in [4.69, 9.17) is 9.47 Å². The summed E-state index contributed by atoms with van der Waals surface area (Å²) >= 11 is 0. The monoisotopic (exact) mass is 473 g/mol. The van der Waals surface area contributed by atoms with Gasteiger partial charge in [0, 0.05) is 6.42 Å². The summed E-state index contributed by atoms with van der Waals surface area (Å²) in [6.07, 6.45) is 0.761. The number of rotatable bonds is 5. The number of amides is 4. The Balaban J connectivity index is 1.29. The Labute approximate surface area is 203 Å². The lowest BCUT2D eigenvalue weighted by Crippen LogP contribution is -2.43. The number of benzene rings is 3. The maximum Gasteiger partial charge on any atom is 0.325 e. The van der Waals surface area contributed by atoms with Gasteiger partial charge < -0.3 is 20.1 Å². The number of urea groups is 1. The Kier molecular flexibility index (Phi) is 5.80. The molecule has 1 saturated heterocycles. The minimum absolute atomic E-state index is 0.291. The van der Waals surface area contributed by atoms with Crippen molar-refractivity contribution in [2.75, 3.05) is 19.8 Å². The zero-order chi connectivity index (χ0) is 24.6. The molecule has 2 heterocycles. The summed E-state index contributed by atoms with van der Waals surface area (Å²) in [5, 5.41) is 7.82. The Morgan fingerprint density at radius 1 is 1.03 bits per heavy atom. The molecule has 8 nitrogen and oxygen atoms in total. The maximum atomic E-state index is 13.3. The van der Waals surface area contributed by atoms with Crippen LogP contribution in [0.1, 0.15) is 37.4 Å². The van der Waals surface area contributed by atoms with Gasteiger partial charge in [0.25, 0.3) is 5.91 Å². The molecule has 2 aliphatic rings. The largest absolute Gasteiger partial charge is 0.490 e. The molecule has 0 bridgehead atoms. The van der Waals surface area contributed by atoms with Crippen LogP contribution in [0.2, 0.25) is 0 Å². The smallest absolute Gasteiger partial charge is 0.325 e. The molecule has 5 rings (SSSR count). The predicted octanol–water partition coefficient (Wildman–Crippen LogP) is 3.65. The van der Waals surface area contributed by atoms with Crippen molar-refractivity contribution in [3.8, 4) is 11.5 Å². The number of hydrogen-bond donors (Lipinski definition) is 2. The second-order valence-corrected chi connectivity index (χ2v) is 9.05. The Hall–Kier alpha value is -4.07.